The lowest BCUT2D eigenvalue weighted by atomic mass is 10.0. The van der Waals surface area contributed by atoms with E-state index in [1.54, 1.807) is 24.3 Å². The van der Waals surface area contributed by atoms with E-state index in [9.17, 15) is 14.7 Å². The van der Waals surface area contributed by atoms with Crippen molar-refractivity contribution in [2.45, 2.75) is 12.5 Å². The van der Waals surface area contributed by atoms with Crippen molar-refractivity contribution in [1.82, 2.24) is 10.6 Å². The van der Waals surface area contributed by atoms with Crippen molar-refractivity contribution in [2.75, 3.05) is 19.8 Å². The van der Waals surface area contributed by atoms with Gasteiger partial charge in [0.05, 0.1) is 19.2 Å². The molecule has 4 rings (SSSR count). The van der Waals surface area contributed by atoms with E-state index in [2.05, 4.69) is 10.6 Å². The summed E-state index contributed by atoms with van der Waals surface area (Å²) >= 11 is 0. The van der Waals surface area contributed by atoms with E-state index < -0.39 is 6.04 Å². The van der Waals surface area contributed by atoms with Gasteiger partial charge in [0, 0.05) is 11.1 Å². The maximum Gasteiger partial charge on any atom is 0.251 e. The fraction of sp³-hybridized carbons (Fsp3) is 0.200. The molecule has 3 aromatic carbocycles. The molecule has 0 aliphatic carbocycles. The minimum absolute atomic E-state index is 0.184. The highest BCUT2D eigenvalue weighted by atomic mass is 16.5. The first-order valence-corrected chi connectivity index (χ1v) is 10.2. The number of amides is 2. The highest BCUT2D eigenvalue weighted by molar-refractivity contribution is 5.99. The largest absolute Gasteiger partial charge is 0.492 e. The zero-order valence-corrected chi connectivity index (χ0v) is 17.2. The molecule has 1 heterocycles. The van der Waals surface area contributed by atoms with Gasteiger partial charge in [-0.1, -0.05) is 54.6 Å². The van der Waals surface area contributed by atoms with Crippen LogP contribution < -0.4 is 15.4 Å². The molecule has 0 spiro atoms. The van der Waals surface area contributed by atoms with Gasteiger partial charge in [0.1, 0.15) is 12.4 Å². The van der Waals surface area contributed by atoms with E-state index in [-0.39, 0.29) is 18.4 Å². The molecule has 6 heteroatoms. The van der Waals surface area contributed by atoms with Crippen molar-refractivity contribution in [2.24, 2.45) is 0 Å². The summed E-state index contributed by atoms with van der Waals surface area (Å²) in [5, 5.41) is 15.2. The summed E-state index contributed by atoms with van der Waals surface area (Å²) in [6, 6.07) is 25.6. The van der Waals surface area contributed by atoms with E-state index in [4.69, 9.17) is 4.74 Å². The van der Waals surface area contributed by atoms with Gasteiger partial charge in [0.2, 0.25) is 0 Å². The molecule has 0 saturated carbocycles. The Bertz CT molecular complexity index is 965. The second-order valence-electron chi connectivity index (χ2n) is 7.04. The van der Waals surface area contributed by atoms with Crippen LogP contribution in [0.15, 0.2) is 84.9 Å². The van der Waals surface area contributed by atoms with Crippen LogP contribution in [-0.2, 0) is 6.42 Å². The van der Waals surface area contributed by atoms with Crippen LogP contribution >= 0.6 is 0 Å². The van der Waals surface area contributed by atoms with E-state index in [1.807, 2.05) is 60.7 Å². The van der Waals surface area contributed by atoms with Gasteiger partial charge in [-0.05, 0) is 42.3 Å². The van der Waals surface area contributed by atoms with E-state index in [0.29, 0.717) is 36.4 Å². The molecular formula is C25H26N2O4. The summed E-state index contributed by atoms with van der Waals surface area (Å²) in [4.78, 5) is 24.6. The van der Waals surface area contributed by atoms with Crippen molar-refractivity contribution in [3.63, 3.8) is 0 Å². The third-order valence-corrected chi connectivity index (χ3v) is 4.65. The van der Waals surface area contributed by atoms with Crippen molar-refractivity contribution in [3.05, 3.63) is 102 Å². The van der Waals surface area contributed by atoms with Crippen LogP contribution in [0.25, 0.3) is 0 Å². The van der Waals surface area contributed by atoms with E-state index in [0.717, 1.165) is 5.56 Å². The van der Waals surface area contributed by atoms with E-state index in [1.165, 1.54) is 0 Å². The molecule has 3 aromatic rings. The fourth-order valence-electron chi connectivity index (χ4n) is 3.10. The molecule has 1 aliphatic heterocycles. The lowest BCUT2D eigenvalue weighted by Crippen LogP contribution is -2.39. The number of carbonyl (C=O) groups excluding carboxylic acids is 2. The zero-order valence-electron chi connectivity index (χ0n) is 17.2. The van der Waals surface area contributed by atoms with Gasteiger partial charge in [-0.2, -0.15) is 0 Å². The Morgan fingerprint density at radius 1 is 0.839 bits per heavy atom. The number of aliphatic hydroxyl groups excluding tert-OH is 1. The Morgan fingerprint density at radius 3 is 2.16 bits per heavy atom. The van der Waals surface area contributed by atoms with Crippen molar-refractivity contribution in [1.29, 1.82) is 0 Å². The quantitative estimate of drug-likeness (QED) is 0.567. The Labute approximate surface area is 181 Å². The lowest BCUT2D eigenvalue weighted by Gasteiger charge is -2.17. The van der Waals surface area contributed by atoms with Gasteiger partial charge >= 0.3 is 0 Å². The number of nitrogens with one attached hydrogen (secondary N) is 2. The minimum Gasteiger partial charge on any atom is -0.492 e. The molecule has 0 radical (unpaired) electrons. The van der Waals surface area contributed by atoms with Crippen molar-refractivity contribution >= 4 is 11.8 Å². The van der Waals surface area contributed by atoms with Crippen LogP contribution in [0.1, 0.15) is 26.3 Å². The molecule has 4 bridgehead atoms. The van der Waals surface area contributed by atoms with Gasteiger partial charge in [-0.3, -0.25) is 9.59 Å². The molecule has 0 saturated heterocycles. The molecule has 1 atom stereocenters. The standard InChI is InChI=1S/C19H20N2O4.C6H6/c22-12-16-9-13-3-1-6-17(10-13)25-8-7-20-18(23)14-4-2-5-15(11-14)19(24)21-16;1-2-4-6-5-3-1/h1-6,10-11,16,22H,7-9,12H2,(H,20,23)(H,21,24);1-6H. The summed E-state index contributed by atoms with van der Waals surface area (Å²) in [5.74, 6) is 0.0988. The molecule has 3 N–H and O–H groups in total. The Morgan fingerprint density at radius 2 is 1.48 bits per heavy atom. The SMILES string of the molecule is O=C1NCCOc2cccc(c2)CC(CO)NC(=O)c2cccc1c2.c1ccccc1. The third kappa shape index (κ3) is 6.97. The molecular weight excluding hydrogens is 392 g/mol. The number of carbonyl (C=O) groups is 2. The predicted octanol–water partition coefficient (Wildman–Crippen LogP) is 2.83. The van der Waals surface area contributed by atoms with Gasteiger partial charge in [-0.25, -0.2) is 0 Å². The first-order valence-electron chi connectivity index (χ1n) is 10.2. The average molecular weight is 418 g/mol. The number of benzene rings is 3. The summed E-state index contributed by atoms with van der Waals surface area (Å²) in [7, 11) is 0. The topological polar surface area (TPSA) is 87.7 Å². The van der Waals surface area contributed by atoms with E-state index >= 15 is 0 Å². The molecule has 1 aliphatic rings. The Hall–Kier alpha value is -3.64. The monoisotopic (exact) mass is 418 g/mol. The first kappa shape index (κ1) is 22.1. The second kappa shape index (κ2) is 11.5. The van der Waals surface area contributed by atoms with Crippen molar-refractivity contribution in [3.8, 4) is 5.75 Å². The van der Waals surface area contributed by atoms with Crippen LogP contribution in [0, 0.1) is 0 Å². The summed E-state index contributed by atoms with van der Waals surface area (Å²) in [6.07, 6.45) is 0.482. The third-order valence-electron chi connectivity index (χ3n) is 4.65. The Kier molecular flexibility index (Phi) is 8.20. The number of hydrogen-bond donors (Lipinski definition) is 3. The predicted molar refractivity (Wildman–Crippen MR) is 119 cm³/mol. The second-order valence-corrected chi connectivity index (χ2v) is 7.04. The average Bonchev–Trinajstić information content (AvgIpc) is 2.82. The molecule has 0 fully saturated rings. The first-order chi connectivity index (χ1) is 15.2. The maximum atomic E-state index is 12.4. The van der Waals surface area contributed by atoms with Crippen molar-refractivity contribution < 1.29 is 19.4 Å². The van der Waals surface area contributed by atoms with Crippen LogP contribution in [0.5, 0.6) is 5.75 Å². The minimum atomic E-state index is -0.426. The van der Waals surface area contributed by atoms with Gasteiger partial charge in [-0.15, -0.1) is 0 Å². The van der Waals surface area contributed by atoms with Gasteiger partial charge in [0.25, 0.3) is 11.8 Å². The molecule has 160 valence electrons. The lowest BCUT2D eigenvalue weighted by molar-refractivity contribution is 0.0916. The van der Waals surface area contributed by atoms with Crippen LogP contribution in [-0.4, -0.2) is 42.7 Å². The Balaban J connectivity index is 0.000000391. The van der Waals surface area contributed by atoms with Gasteiger partial charge in [0.15, 0.2) is 0 Å². The molecule has 0 aromatic heterocycles. The zero-order chi connectivity index (χ0) is 21.9. The summed E-state index contributed by atoms with van der Waals surface area (Å²) < 4.78 is 5.65. The number of ether oxygens (including phenoxy) is 1. The smallest absolute Gasteiger partial charge is 0.251 e. The highest BCUT2D eigenvalue weighted by Gasteiger charge is 2.16. The number of aliphatic hydroxyl groups is 1. The number of fused-ring (bicyclic) bond motifs is 4. The number of hydrogen-bond acceptors (Lipinski definition) is 4. The van der Waals surface area contributed by atoms with Gasteiger partial charge < -0.3 is 20.5 Å². The van der Waals surface area contributed by atoms with Crippen LogP contribution in [0.3, 0.4) is 0 Å². The molecule has 2 amide bonds. The molecule has 31 heavy (non-hydrogen) atoms. The maximum absolute atomic E-state index is 12.4. The molecule has 6 nitrogen and oxygen atoms in total. The normalized spacial score (nSPS) is 16.2. The van der Waals surface area contributed by atoms with Crippen LogP contribution in [0.2, 0.25) is 0 Å². The van der Waals surface area contributed by atoms with Crippen LogP contribution in [0.4, 0.5) is 0 Å². The molecule has 1 unspecified atom stereocenters. The fourth-order valence-corrected chi connectivity index (χ4v) is 3.10. The summed E-state index contributed by atoms with van der Waals surface area (Å²) in [5.41, 5.74) is 1.74. The highest BCUT2D eigenvalue weighted by Crippen LogP contribution is 2.15. The summed E-state index contributed by atoms with van der Waals surface area (Å²) in [6.45, 7) is 0.519. The number of rotatable bonds is 1.